The van der Waals surface area contributed by atoms with Crippen LogP contribution < -0.4 is 5.32 Å². The average Bonchev–Trinajstić information content (AvgIpc) is 2.56. The molecule has 1 saturated carbocycles. The lowest BCUT2D eigenvalue weighted by Crippen LogP contribution is -2.46. The van der Waals surface area contributed by atoms with Gasteiger partial charge >= 0.3 is 0 Å². The summed E-state index contributed by atoms with van der Waals surface area (Å²) in [6.45, 7) is 8.37. The molecule has 1 rings (SSSR count). The largest absolute Gasteiger partial charge is 0.385 e. The summed E-state index contributed by atoms with van der Waals surface area (Å²) in [5, 5.41) is 3.85. The molecule has 17 heavy (non-hydrogen) atoms. The Labute approximate surface area is 108 Å². The van der Waals surface area contributed by atoms with Crippen molar-refractivity contribution in [1.82, 2.24) is 5.32 Å². The summed E-state index contributed by atoms with van der Waals surface area (Å²) in [4.78, 5) is 0. The molecule has 0 aromatic heterocycles. The van der Waals surface area contributed by atoms with E-state index < -0.39 is 10.8 Å². The van der Waals surface area contributed by atoms with Crippen LogP contribution >= 0.6 is 0 Å². The van der Waals surface area contributed by atoms with Gasteiger partial charge in [-0.05, 0) is 31.2 Å². The Kier molecular flexibility index (Phi) is 6.10. The summed E-state index contributed by atoms with van der Waals surface area (Å²) in [7, 11) is 0.980. The average molecular weight is 261 g/mol. The van der Waals surface area contributed by atoms with Crippen molar-refractivity contribution in [3.05, 3.63) is 0 Å². The predicted octanol–water partition coefficient (Wildman–Crippen LogP) is 1.94. The van der Waals surface area contributed by atoms with Gasteiger partial charge in [0.25, 0.3) is 0 Å². The summed E-state index contributed by atoms with van der Waals surface area (Å²) in [6.07, 6.45) is 3.16. The minimum absolute atomic E-state index is 0.275. The molecular formula is C13H27NO2S. The Morgan fingerprint density at radius 2 is 2.18 bits per heavy atom. The zero-order chi connectivity index (χ0) is 12.9. The molecule has 0 saturated heterocycles. The van der Waals surface area contributed by atoms with Crippen LogP contribution in [-0.4, -0.2) is 41.5 Å². The highest BCUT2D eigenvalue weighted by molar-refractivity contribution is 7.85. The Morgan fingerprint density at radius 1 is 1.47 bits per heavy atom. The van der Waals surface area contributed by atoms with Crippen LogP contribution in [0.1, 0.15) is 40.0 Å². The van der Waals surface area contributed by atoms with E-state index in [1.165, 1.54) is 6.42 Å². The van der Waals surface area contributed by atoms with Crippen LogP contribution in [0.2, 0.25) is 0 Å². The smallest absolute Gasteiger partial charge is 0.0506 e. The van der Waals surface area contributed by atoms with Crippen molar-refractivity contribution in [1.29, 1.82) is 0 Å². The van der Waals surface area contributed by atoms with Gasteiger partial charge in [-0.25, -0.2) is 0 Å². The van der Waals surface area contributed by atoms with Crippen LogP contribution in [-0.2, 0) is 15.5 Å². The van der Waals surface area contributed by atoms with E-state index in [2.05, 4.69) is 26.1 Å². The molecule has 102 valence electrons. The van der Waals surface area contributed by atoms with E-state index in [9.17, 15) is 4.21 Å². The zero-order valence-corrected chi connectivity index (χ0v) is 12.4. The maximum atomic E-state index is 12.3. The van der Waals surface area contributed by atoms with Gasteiger partial charge in [0.05, 0.1) is 5.25 Å². The van der Waals surface area contributed by atoms with Crippen molar-refractivity contribution in [2.75, 3.05) is 26.0 Å². The number of methoxy groups -OCH3 is 1. The third-order valence-electron chi connectivity index (χ3n) is 3.74. The third kappa shape index (κ3) is 4.04. The van der Waals surface area contributed by atoms with Gasteiger partial charge in [-0.15, -0.1) is 0 Å². The van der Waals surface area contributed by atoms with E-state index in [0.717, 1.165) is 25.1 Å². The first-order valence-electron chi connectivity index (χ1n) is 6.62. The van der Waals surface area contributed by atoms with E-state index in [-0.39, 0.29) is 5.41 Å². The number of rotatable bonds is 7. The topological polar surface area (TPSA) is 38.3 Å². The summed E-state index contributed by atoms with van der Waals surface area (Å²) >= 11 is 0. The monoisotopic (exact) mass is 261 g/mol. The van der Waals surface area contributed by atoms with Gasteiger partial charge in [-0.1, -0.05) is 20.8 Å². The van der Waals surface area contributed by atoms with E-state index in [4.69, 9.17) is 4.74 Å². The van der Waals surface area contributed by atoms with Crippen molar-refractivity contribution in [3.8, 4) is 0 Å². The van der Waals surface area contributed by atoms with Crippen molar-refractivity contribution in [2.24, 2.45) is 5.41 Å². The first-order chi connectivity index (χ1) is 8.03. The van der Waals surface area contributed by atoms with Crippen molar-refractivity contribution < 1.29 is 8.95 Å². The Hall–Kier alpha value is 0.0700. The molecule has 0 aromatic rings. The van der Waals surface area contributed by atoms with Crippen LogP contribution in [0.5, 0.6) is 0 Å². The molecular weight excluding hydrogens is 234 g/mol. The van der Waals surface area contributed by atoms with Crippen LogP contribution in [0, 0.1) is 5.41 Å². The van der Waals surface area contributed by atoms with Gasteiger partial charge in [-0.2, -0.15) is 0 Å². The van der Waals surface area contributed by atoms with Gasteiger partial charge in [0.2, 0.25) is 0 Å². The second-order valence-corrected chi connectivity index (χ2v) is 7.31. The number of hydrogen-bond acceptors (Lipinski definition) is 3. The molecule has 0 bridgehead atoms. The molecule has 1 N–H and O–H groups in total. The summed E-state index contributed by atoms with van der Waals surface area (Å²) in [6, 6.07) is 0.399. The Balaban J connectivity index is 2.54. The van der Waals surface area contributed by atoms with Crippen LogP contribution in [0.3, 0.4) is 0 Å². The molecule has 4 heteroatoms. The number of nitrogens with one attached hydrogen (secondary N) is 1. The fraction of sp³-hybridized carbons (Fsp3) is 1.00. The Morgan fingerprint density at radius 3 is 2.76 bits per heavy atom. The van der Waals surface area contributed by atoms with Crippen LogP contribution in [0.15, 0.2) is 0 Å². The van der Waals surface area contributed by atoms with Gasteiger partial charge in [0.15, 0.2) is 0 Å². The summed E-state index contributed by atoms with van der Waals surface area (Å²) in [5.41, 5.74) is 0.275. The fourth-order valence-corrected chi connectivity index (χ4v) is 4.60. The minimum atomic E-state index is -0.717. The summed E-state index contributed by atoms with van der Waals surface area (Å²) in [5.74, 6) is 0.774. The lowest BCUT2D eigenvalue weighted by atomic mass is 9.87. The minimum Gasteiger partial charge on any atom is -0.385 e. The highest BCUT2D eigenvalue weighted by Crippen LogP contribution is 2.39. The third-order valence-corrected chi connectivity index (χ3v) is 5.62. The van der Waals surface area contributed by atoms with E-state index >= 15 is 0 Å². The molecule has 3 unspecified atom stereocenters. The van der Waals surface area contributed by atoms with Gasteiger partial charge in [-0.3, -0.25) is 4.21 Å². The highest BCUT2D eigenvalue weighted by atomic mass is 32.2. The Bertz CT molecular complexity index is 256. The fourth-order valence-electron chi connectivity index (χ4n) is 2.75. The first kappa shape index (κ1) is 15.1. The molecule has 3 atom stereocenters. The molecule has 1 aliphatic rings. The normalized spacial score (nSPS) is 29.4. The maximum Gasteiger partial charge on any atom is 0.0506 e. The van der Waals surface area contributed by atoms with E-state index in [0.29, 0.717) is 17.9 Å². The first-order valence-corrected chi connectivity index (χ1v) is 8.00. The zero-order valence-electron chi connectivity index (χ0n) is 11.6. The second kappa shape index (κ2) is 6.86. The van der Waals surface area contributed by atoms with Crippen molar-refractivity contribution >= 4 is 10.8 Å². The molecule has 0 aliphatic heterocycles. The number of ether oxygens (including phenoxy) is 1. The molecule has 1 fully saturated rings. The van der Waals surface area contributed by atoms with Gasteiger partial charge in [0.1, 0.15) is 0 Å². The molecule has 0 spiro atoms. The SMILES string of the molecule is CCNC1C(S(=O)CCCOC)CCC1(C)C. The standard InChI is InChI=1S/C13H27NO2S/c1-5-14-12-11(7-8-13(12,2)3)17(15)10-6-9-16-4/h11-12,14H,5-10H2,1-4H3. The van der Waals surface area contributed by atoms with Crippen molar-refractivity contribution in [3.63, 3.8) is 0 Å². The highest BCUT2D eigenvalue weighted by Gasteiger charge is 2.43. The van der Waals surface area contributed by atoms with E-state index in [1.54, 1.807) is 7.11 Å². The van der Waals surface area contributed by atoms with Gasteiger partial charge in [0, 0.05) is 36.3 Å². The lowest BCUT2D eigenvalue weighted by molar-refractivity contribution is 0.200. The van der Waals surface area contributed by atoms with Crippen LogP contribution in [0.25, 0.3) is 0 Å². The molecule has 0 radical (unpaired) electrons. The van der Waals surface area contributed by atoms with Gasteiger partial charge < -0.3 is 10.1 Å². The summed E-state index contributed by atoms with van der Waals surface area (Å²) < 4.78 is 17.3. The molecule has 0 amide bonds. The maximum absolute atomic E-state index is 12.3. The predicted molar refractivity (Wildman–Crippen MR) is 73.8 cm³/mol. The molecule has 3 nitrogen and oxygen atoms in total. The quantitative estimate of drug-likeness (QED) is 0.712. The van der Waals surface area contributed by atoms with Crippen molar-refractivity contribution in [2.45, 2.75) is 51.3 Å². The second-order valence-electron chi connectivity index (χ2n) is 5.53. The lowest BCUT2D eigenvalue weighted by Gasteiger charge is -2.31. The van der Waals surface area contributed by atoms with Crippen LogP contribution in [0.4, 0.5) is 0 Å². The molecule has 0 aromatic carbocycles. The molecule has 1 aliphatic carbocycles. The number of hydrogen-bond donors (Lipinski definition) is 1. The van der Waals surface area contributed by atoms with E-state index in [1.807, 2.05) is 0 Å². The molecule has 0 heterocycles.